The minimum absolute atomic E-state index is 0.623. The first-order valence-corrected chi connectivity index (χ1v) is 7.81. The highest BCUT2D eigenvalue weighted by molar-refractivity contribution is 5.79. The third kappa shape index (κ3) is 5.33. The lowest BCUT2D eigenvalue weighted by molar-refractivity contribution is 0.414. The molecule has 2 rings (SSSR count). The number of guanidine groups is 1. The van der Waals surface area contributed by atoms with Gasteiger partial charge >= 0.3 is 0 Å². The first-order valence-electron chi connectivity index (χ1n) is 7.81. The molecule has 0 aliphatic rings. The van der Waals surface area contributed by atoms with E-state index in [1.807, 2.05) is 30.3 Å². The van der Waals surface area contributed by atoms with E-state index >= 15 is 0 Å². The number of methoxy groups -OCH3 is 1. The molecule has 0 amide bonds. The van der Waals surface area contributed by atoms with Gasteiger partial charge in [0.2, 0.25) is 0 Å². The lowest BCUT2D eigenvalue weighted by Crippen LogP contribution is -2.37. The van der Waals surface area contributed by atoms with Crippen molar-refractivity contribution in [3.63, 3.8) is 0 Å². The average Bonchev–Trinajstić information content (AvgIpc) is 2.65. The molecular weight excluding hydrogens is 300 g/mol. The van der Waals surface area contributed by atoms with Crippen LogP contribution < -0.4 is 15.4 Å². The molecule has 0 aliphatic carbocycles. The van der Waals surface area contributed by atoms with Crippen LogP contribution in [0, 0.1) is 11.3 Å². The fraction of sp³-hybridized carbons (Fsp3) is 0.263. The van der Waals surface area contributed by atoms with E-state index in [0.717, 1.165) is 30.2 Å². The van der Waals surface area contributed by atoms with Crippen molar-refractivity contribution in [2.45, 2.75) is 13.0 Å². The van der Waals surface area contributed by atoms with E-state index in [4.69, 9.17) is 10.00 Å². The van der Waals surface area contributed by atoms with E-state index in [1.165, 1.54) is 5.56 Å². The lowest BCUT2D eigenvalue weighted by atomic mass is 10.1. The van der Waals surface area contributed by atoms with Gasteiger partial charge in [-0.3, -0.25) is 4.99 Å². The van der Waals surface area contributed by atoms with Crippen LogP contribution in [0.4, 0.5) is 0 Å². The normalized spacial score (nSPS) is 10.8. The Kier molecular flexibility index (Phi) is 6.66. The second-order valence-electron chi connectivity index (χ2n) is 5.26. The summed E-state index contributed by atoms with van der Waals surface area (Å²) in [5.41, 5.74) is 2.95. The predicted molar refractivity (Wildman–Crippen MR) is 96.1 cm³/mol. The number of nitrogens with zero attached hydrogens (tertiary/aromatic N) is 2. The fourth-order valence-corrected chi connectivity index (χ4v) is 2.27. The van der Waals surface area contributed by atoms with Crippen molar-refractivity contribution in [3.8, 4) is 11.8 Å². The monoisotopic (exact) mass is 322 g/mol. The first-order chi connectivity index (χ1) is 11.7. The number of nitriles is 1. The Morgan fingerprint density at radius 3 is 2.58 bits per heavy atom. The molecule has 0 atom stereocenters. The van der Waals surface area contributed by atoms with Gasteiger partial charge in [0, 0.05) is 20.1 Å². The lowest BCUT2D eigenvalue weighted by Gasteiger charge is -2.12. The van der Waals surface area contributed by atoms with E-state index in [2.05, 4.69) is 33.8 Å². The van der Waals surface area contributed by atoms with Crippen LogP contribution in [-0.4, -0.2) is 26.7 Å². The summed E-state index contributed by atoms with van der Waals surface area (Å²) in [6.07, 6.45) is 0.897. The zero-order valence-corrected chi connectivity index (χ0v) is 14.0. The van der Waals surface area contributed by atoms with Gasteiger partial charge in [0.15, 0.2) is 5.96 Å². The third-order valence-corrected chi connectivity index (χ3v) is 3.60. The number of aliphatic imine (C=N–C) groups is 1. The molecule has 0 fully saturated rings. The van der Waals surface area contributed by atoms with E-state index in [1.54, 1.807) is 20.2 Å². The van der Waals surface area contributed by atoms with E-state index in [-0.39, 0.29) is 0 Å². The highest BCUT2D eigenvalue weighted by Gasteiger charge is 2.00. The summed E-state index contributed by atoms with van der Waals surface area (Å²) in [7, 11) is 3.41. The standard InChI is InChI=1S/C19H22N4O/c1-21-19(23-14-17-5-3-4-16(12-17)13-20)22-11-10-15-6-8-18(24-2)9-7-15/h3-9,12H,10-11,14H2,1-2H3,(H2,21,22,23). The molecule has 24 heavy (non-hydrogen) atoms. The van der Waals surface area contributed by atoms with Crippen molar-refractivity contribution in [1.29, 1.82) is 5.26 Å². The molecule has 0 aromatic heterocycles. The number of nitrogens with one attached hydrogen (secondary N) is 2. The van der Waals surface area contributed by atoms with Gasteiger partial charge in [0.05, 0.1) is 18.7 Å². The number of ether oxygens (including phenoxy) is 1. The smallest absolute Gasteiger partial charge is 0.191 e. The molecule has 5 heteroatoms. The Hall–Kier alpha value is -3.00. The summed E-state index contributed by atoms with van der Waals surface area (Å²) in [5, 5.41) is 15.5. The van der Waals surface area contributed by atoms with Crippen molar-refractivity contribution >= 4 is 5.96 Å². The van der Waals surface area contributed by atoms with Crippen LogP contribution in [0.1, 0.15) is 16.7 Å². The Balaban J connectivity index is 1.78. The van der Waals surface area contributed by atoms with Gasteiger partial charge < -0.3 is 15.4 Å². The summed E-state index contributed by atoms with van der Waals surface area (Å²) in [4.78, 5) is 4.21. The zero-order valence-electron chi connectivity index (χ0n) is 14.0. The van der Waals surface area contributed by atoms with E-state index in [0.29, 0.717) is 12.1 Å². The number of rotatable bonds is 6. The average molecular weight is 322 g/mol. The van der Waals surface area contributed by atoms with Gasteiger partial charge in [0.1, 0.15) is 5.75 Å². The molecule has 2 aromatic carbocycles. The summed E-state index contributed by atoms with van der Waals surface area (Å²) in [6, 6.07) is 17.7. The van der Waals surface area contributed by atoms with Crippen molar-refractivity contribution in [2.75, 3.05) is 20.7 Å². The molecule has 5 nitrogen and oxygen atoms in total. The summed E-state index contributed by atoms with van der Waals surface area (Å²) >= 11 is 0. The zero-order chi connectivity index (χ0) is 17.2. The summed E-state index contributed by atoms with van der Waals surface area (Å²) in [5.74, 6) is 1.61. The molecule has 0 heterocycles. The molecule has 0 aliphatic heterocycles. The van der Waals surface area contributed by atoms with Gasteiger partial charge in [0.25, 0.3) is 0 Å². The SMILES string of the molecule is CN=C(NCCc1ccc(OC)cc1)NCc1cccc(C#N)c1. The highest BCUT2D eigenvalue weighted by Crippen LogP contribution is 2.11. The van der Waals surface area contributed by atoms with Crippen LogP contribution in [-0.2, 0) is 13.0 Å². The molecule has 2 aromatic rings. The van der Waals surface area contributed by atoms with Crippen molar-refractivity contribution in [2.24, 2.45) is 4.99 Å². The Morgan fingerprint density at radius 1 is 1.12 bits per heavy atom. The predicted octanol–water partition coefficient (Wildman–Crippen LogP) is 2.47. The maximum Gasteiger partial charge on any atom is 0.191 e. The Bertz CT molecular complexity index is 717. The molecule has 0 unspecified atom stereocenters. The second-order valence-corrected chi connectivity index (χ2v) is 5.26. The Labute approximate surface area is 143 Å². The minimum Gasteiger partial charge on any atom is -0.497 e. The fourth-order valence-electron chi connectivity index (χ4n) is 2.27. The van der Waals surface area contributed by atoms with Gasteiger partial charge in [-0.1, -0.05) is 24.3 Å². The van der Waals surface area contributed by atoms with E-state index < -0.39 is 0 Å². The van der Waals surface area contributed by atoms with E-state index in [9.17, 15) is 0 Å². The van der Waals surface area contributed by atoms with Crippen LogP contribution in [0.25, 0.3) is 0 Å². The minimum atomic E-state index is 0.623. The maximum absolute atomic E-state index is 8.93. The maximum atomic E-state index is 8.93. The van der Waals surface area contributed by atoms with Gasteiger partial charge in [-0.25, -0.2) is 0 Å². The van der Waals surface area contributed by atoms with Crippen molar-refractivity contribution in [3.05, 3.63) is 65.2 Å². The molecule has 0 saturated heterocycles. The molecule has 0 bridgehead atoms. The molecular formula is C19H22N4O. The number of benzene rings is 2. The van der Waals surface area contributed by atoms with Crippen molar-refractivity contribution < 1.29 is 4.74 Å². The summed E-state index contributed by atoms with van der Waals surface area (Å²) < 4.78 is 5.15. The summed E-state index contributed by atoms with van der Waals surface area (Å²) in [6.45, 7) is 1.40. The number of hydrogen-bond acceptors (Lipinski definition) is 3. The van der Waals surface area contributed by atoms with Gasteiger partial charge in [-0.05, 0) is 41.8 Å². The quantitative estimate of drug-likeness (QED) is 0.633. The van der Waals surface area contributed by atoms with Crippen LogP contribution >= 0.6 is 0 Å². The number of hydrogen-bond donors (Lipinski definition) is 2. The van der Waals surface area contributed by atoms with Crippen LogP contribution in [0.15, 0.2) is 53.5 Å². The van der Waals surface area contributed by atoms with Gasteiger partial charge in [-0.2, -0.15) is 5.26 Å². The topological polar surface area (TPSA) is 69.4 Å². The third-order valence-electron chi connectivity index (χ3n) is 3.60. The second kappa shape index (κ2) is 9.21. The van der Waals surface area contributed by atoms with Crippen molar-refractivity contribution in [1.82, 2.24) is 10.6 Å². The van der Waals surface area contributed by atoms with Crippen LogP contribution in [0.3, 0.4) is 0 Å². The molecule has 124 valence electrons. The molecule has 2 N–H and O–H groups in total. The molecule has 0 radical (unpaired) electrons. The molecule has 0 saturated carbocycles. The van der Waals surface area contributed by atoms with Crippen LogP contribution in [0.2, 0.25) is 0 Å². The first kappa shape index (κ1) is 17.4. The molecule has 0 spiro atoms. The largest absolute Gasteiger partial charge is 0.497 e. The van der Waals surface area contributed by atoms with Gasteiger partial charge in [-0.15, -0.1) is 0 Å². The highest BCUT2D eigenvalue weighted by atomic mass is 16.5. The Morgan fingerprint density at radius 2 is 1.92 bits per heavy atom. The van der Waals surface area contributed by atoms with Crippen LogP contribution in [0.5, 0.6) is 5.75 Å².